The predicted octanol–water partition coefficient (Wildman–Crippen LogP) is 4.66. The first-order valence-electron chi connectivity index (χ1n) is 9.80. The number of nitrogens with zero attached hydrogens (tertiary/aromatic N) is 1. The number of carboxylic acids is 1. The van der Waals surface area contributed by atoms with Crippen molar-refractivity contribution in [3.8, 4) is 0 Å². The lowest BCUT2D eigenvalue weighted by Crippen LogP contribution is -2.28. The van der Waals surface area contributed by atoms with Crippen LogP contribution in [-0.2, 0) is 21.2 Å². The fourth-order valence-corrected chi connectivity index (χ4v) is 5.45. The fraction of sp³-hybridized carbons (Fsp3) is 0.450. The van der Waals surface area contributed by atoms with Crippen molar-refractivity contribution >= 4 is 33.0 Å². The molecule has 1 atom stereocenters. The van der Waals surface area contributed by atoms with Crippen LogP contribution in [0.1, 0.15) is 61.2 Å². The van der Waals surface area contributed by atoms with Crippen molar-refractivity contribution < 1.29 is 23.2 Å². The molecule has 164 valence electrons. The standard InChI is InChI=1S/C20H26N2O6S2/c1-2-3-4-7-18(19-14-11-16(29-19)6-5-8-20(23)24)21-30(27,28)17-12-9-15(10-13-17)22(25)26/h9-14,18,21H,2-8H2,1H3,(H,23,24). The monoisotopic (exact) mass is 454 g/mol. The van der Waals surface area contributed by atoms with Crippen molar-refractivity contribution in [1.82, 2.24) is 4.72 Å². The summed E-state index contributed by atoms with van der Waals surface area (Å²) in [7, 11) is -3.85. The number of hydrogen-bond acceptors (Lipinski definition) is 6. The van der Waals surface area contributed by atoms with Gasteiger partial charge >= 0.3 is 5.97 Å². The van der Waals surface area contributed by atoms with Crippen LogP contribution < -0.4 is 4.72 Å². The number of rotatable bonds is 13. The van der Waals surface area contributed by atoms with E-state index in [-0.39, 0.29) is 17.0 Å². The van der Waals surface area contributed by atoms with Gasteiger partial charge < -0.3 is 5.11 Å². The van der Waals surface area contributed by atoms with Gasteiger partial charge in [0.2, 0.25) is 10.0 Å². The van der Waals surface area contributed by atoms with Gasteiger partial charge in [-0.15, -0.1) is 11.3 Å². The number of nitro benzene ring substituents is 1. The third-order valence-corrected chi connectivity index (χ3v) is 7.34. The summed E-state index contributed by atoms with van der Waals surface area (Å²) in [5, 5.41) is 19.6. The molecule has 2 N–H and O–H groups in total. The molecule has 0 aliphatic heterocycles. The summed E-state index contributed by atoms with van der Waals surface area (Å²) in [5.41, 5.74) is -0.169. The van der Waals surface area contributed by atoms with Gasteiger partial charge in [0.15, 0.2) is 0 Å². The van der Waals surface area contributed by atoms with E-state index in [2.05, 4.69) is 11.6 Å². The molecule has 8 nitrogen and oxygen atoms in total. The molecule has 0 fully saturated rings. The average molecular weight is 455 g/mol. The summed E-state index contributed by atoms with van der Waals surface area (Å²) in [6.07, 6.45) is 4.74. The molecule has 1 aromatic carbocycles. The normalized spacial score (nSPS) is 12.6. The molecular weight excluding hydrogens is 428 g/mol. The van der Waals surface area contributed by atoms with Crippen molar-refractivity contribution in [1.29, 1.82) is 0 Å². The number of hydrogen-bond donors (Lipinski definition) is 2. The SMILES string of the molecule is CCCCCC(NS(=O)(=O)c1ccc([N+](=O)[O-])cc1)c1ccc(CCCC(=O)O)s1. The number of unbranched alkanes of at least 4 members (excludes halogenated alkanes) is 2. The Morgan fingerprint density at radius 1 is 1.17 bits per heavy atom. The molecule has 0 aliphatic rings. The second-order valence-corrected chi connectivity index (χ2v) is 9.89. The topological polar surface area (TPSA) is 127 Å². The molecular formula is C20H26N2O6S2. The van der Waals surface area contributed by atoms with Gasteiger partial charge in [-0.1, -0.05) is 26.2 Å². The molecule has 0 aliphatic carbocycles. The minimum absolute atomic E-state index is 0.0215. The van der Waals surface area contributed by atoms with Crippen LogP contribution in [-0.4, -0.2) is 24.4 Å². The van der Waals surface area contributed by atoms with Crippen LogP contribution >= 0.6 is 11.3 Å². The summed E-state index contributed by atoms with van der Waals surface area (Å²) >= 11 is 1.48. The zero-order valence-corrected chi connectivity index (χ0v) is 18.4. The maximum atomic E-state index is 12.8. The van der Waals surface area contributed by atoms with E-state index in [9.17, 15) is 23.3 Å². The number of carboxylic acid groups (broad SMARTS) is 1. The van der Waals surface area contributed by atoms with E-state index in [0.29, 0.717) is 19.3 Å². The Labute approximate surface area is 180 Å². The van der Waals surface area contributed by atoms with Crippen molar-refractivity contribution in [3.05, 3.63) is 56.3 Å². The van der Waals surface area contributed by atoms with Crippen LogP contribution in [0.5, 0.6) is 0 Å². The van der Waals surface area contributed by atoms with Crippen LogP contribution in [0, 0.1) is 10.1 Å². The van der Waals surface area contributed by atoms with E-state index in [4.69, 9.17) is 5.11 Å². The van der Waals surface area contributed by atoms with Crippen LogP contribution in [0.3, 0.4) is 0 Å². The van der Waals surface area contributed by atoms with Gasteiger partial charge in [-0.2, -0.15) is 0 Å². The smallest absolute Gasteiger partial charge is 0.303 e. The maximum absolute atomic E-state index is 12.8. The summed E-state index contributed by atoms with van der Waals surface area (Å²) in [6.45, 7) is 2.07. The van der Waals surface area contributed by atoms with Gasteiger partial charge in [0, 0.05) is 28.3 Å². The Hall–Kier alpha value is -2.30. The Morgan fingerprint density at radius 2 is 1.87 bits per heavy atom. The second kappa shape index (κ2) is 11.2. The fourth-order valence-electron chi connectivity index (χ4n) is 2.99. The Bertz CT molecular complexity index is 954. The number of sulfonamides is 1. The molecule has 0 bridgehead atoms. The molecule has 0 saturated carbocycles. The maximum Gasteiger partial charge on any atom is 0.303 e. The Balaban J connectivity index is 2.16. The largest absolute Gasteiger partial charge is 0.481 e. The van der Waals surface area contributed by atoms with Crippen LogP contribution in [0.4, 0.5) is 5.69 Å². The predicted molar refractivity (Wildman–Crippen MR) is 115 cm³/mol. The molecule has 0 radical (unpaired) electrons. The van der Waals surface area contributed by atoms with Crippen LogP contribution in [0.2, 0.25) is 0 Å². The number of nitrogens with one attached hydrogen (secondary N) is 1. The number of aryl methyl sites for hydroxylation is 1. The van der Waals surface area contributed by atoms with E-state index in [0.717, 1.165) is 29.0 Å². The van der Waals surface area contributed by atoms with Crippen molar-refractivity contribution in [2.75, 3.05) is 0 Å². The first-order chi connectivity index (χ1) is 14.2. The highest BCUT2D eigenvalue weighted by Crippen LogP contribution is 2.30. The van der Waals surface area contributed by atoms with E-state index in [1.54, 1.807) is 0 Å². The minimum Gasteiger partial charge on any atom is -0.481 e. The molecule has 30 heavy (non-hydrogen) atoms. The van der Waals surface area contributed by atoms with Gasteiger partial charge in [-0.3, -0.25) is 14.9 Å². The van der Waals surface area contributed by atoms with Crippen molar-refractivity contribution in [3.63, 3.8) is 0 Å². The first kappa shape index (κ1) is 24.0. The highest BCUT2D eigenvalue weighted by molar-refractivity contribution is 7.89. The molecule has 0 spiro atoms. The lowest BCUT2D eigenvalue weighted by molar-refractivity contribution is -0.384. The number of carbonyl (C=O) groups is 1. The van der Waals surface area contributed by atoms with Gasteiger partial charge in [-0.05, 0) is 43.5 Å². The summed E-state index contributed by atoms with van der Waals surface area (Å²) < 4.78 is 28.4. The Morgan fingerprint density at radius 3 is 2.47 bits per heavy atom. The third-order valence-electron chi connectivity index (χ3n) is 4.59. The Kier molecular flexibility index (Phi) is 8.94. The van der Waals surface area contributed by atoms with Gasteiger partial charge in [-0.25, -0.2) is 13.1 Å². The van der Waals surface area contributed by atoms with Gasteiger partial charge in [0.25, 0.3) is 5.69 Å². The lowest BCUT2D eigenvalue weighted by atomic mass is 10.1. The van der Waals surface area contributed by atoms with Crippen LogP contribution in [0.15, 0.2) is 41.3 Å². The van der Waals surface area contributed by atoms with E-state index in [1.165, 1.54) is 35.6 Å². The molecule has 0 amide bonds. The molecule has 2 rings (SSSR count). The number of nitro groups is 1. The third kappa shape index (κ3) is 7.19. The van der Waals surface area contributed by atoms with Gasteiger partial charge in [0.1, 0.15) is 0 Å². The number of aliphatic carboxylic acids is 1. The first-order valence-corrected chi connectivity index (χ1v) is 12.1. The molecule has 10 heteroatoms. The summed E-state index contributed by atoms with van der Waals surface area (Å²) in [5.74, 6) is -0.833. The quantitative estimate of drug-likeness (QED) is 0.257. The van der Waals surface area contributed by atoms with E-state index in [1.807, 2.05) is 12.1 Å². The highest BCUT2D eigenvalue weighted by Gasteiger charge is 2.23. The molecule has 1 aromatic heterocycles. The zero-order valence-electron chi connectivity index (χ0n) is 16.7. The number of non-ortho nitro benzene ring substituents is 1. The molecule has 1 unspecified atom stereocenters. The summed E-state index contributed by atoms with van der Waals surface area (Å²) in [4.78, 5) is 22.8. The molecule has 1 heterocycles. The number of thiophene rings is 1. The zero-order chi connectivity index (χ0) is 22.1. The van der Waals surface area contributed by atoms with Gasteiger partial charge in [0.05, 0.1) is 15.9 Å². The summed E-state index contributed by atoms with van der Waals surface area (Å²) in [6, 6.07) is 8.20. The molecule has 2 aromatic rings. The second-order valence-electron chi connectivity index (χ2n) is 6.97. The highest BCUT2D eigenvalue weighted by atomic mass is 32.2. The molecule has 0 saturated heterocycles. The van der Waals surface area contributed by atoms with Crippen LogP contribution in [0.25, 0.3) is 0 Å². The van der Waals surface area contributed by atoms with Crippen molar-refractivity contribution in [2.24, 2.45) is 0 Å². The number of benzene rings is 1. The van der Waals surface area contributed by atoms with Crippen molar-refractivity contribution in [2.45, 2.75) is 62.8 Å². The lowest BCUT2D eigenvalue weighted by Gasteiger charge is -2.17. The van der Waals surface area contributed by atoms with E-state index < -0.39 is 27.0 Å². The van der Waals surface area contributed by atoms with E-state index >= 15 is 0 Å². The average Bonchev–Trinajstić information content (AvgIpc) is 3.16. The minimum atomic E-state index is -3.85.